The summed E-state index contributed by atoms with van der Waals surface area (Å²) in [6, 6.07) is 0. The summed E-state index contributed by atoms with van der Waals surface area (Å²) in [6.07, 6.45) is 8.67. The van der Waals surface area contributed by atoms with Crippen molar-refractivity contribution in [3.05, 3.63) is 0 Å². The van der Waals surface area contributed by atoms with Gasteiger partial charge >= 0.3 is 0 Å². The molecule has 2 unspecified atom stereocenters. The Balaban J connectivity index is 2.66. The second kappa shape index (κ2) is 4.48. The van der Waals surface area contributed by atoms with Crippen molar-refractivity contribution in [1.29, 1.82) is 0 Å². The molecule has 0 aromatic heterocycles. The van der Waals surface area contributed by atoms with Gasteiger partial charge in [0.1, 0.15) is 0 Å². The third kappa shape index (κ3) is 2.08. The quantitative estimate of drug-likeness (QED) is 0.594. The zero-order chi connectivity index (χ0) is 9.90. The Morgan fingerprint density at radius 3 is 2.15 bits per heavy atom. The van der Waals surface area contributed by atoms with Crippen molar-refractivity contribution in [1.82, 2.24) is 0 Å². The minimum absolute atomic E-state index is 0.630. The van der Waals surface area contributed by atoms with E-state index in [0.717, 1.165) is 11.8 Å². The second-order valence-corrected chi connectivity index (χ2v) is 5.15. The molecule has 13 heavy (non-hydrogen) atoms. The van der Waals surface area contributed by atoms with Crippen molar-refractivity contribution in [2.45, 2.75) is 66.2 Å². The van der Waals surface area contributed by atoms with Crippen LogP contribution in [0, 0.1) is 17.3 Å². The average Bonchev–Trinajstić information content (AvgIpc) is 2.68. The zero-order valence-corrected chi connectivity index (χ0v) is 9.90. The first-order valence-electron chi connectivity index (χ1n) is 6.15. The van der Waals surface area contributed by atoms with Crippen LogP contribution in [0.3, 0.4) is 0 Å². The van der Waals surface area contributed by atoms with Crippen LogP contribution >= 0.6 is 0 Å². The van der Waals surface area contributed by atoms with Gasteiger partial charge in [-0.3, -0.25) is 0 Å². The lowest BCUT2D eigenvalue weighted by molar-refractivity contribution is 0.0960. The van der Waals surface area contributed by atoms with Crippen molar-refractivity contribution < 1.29 is 0 Å². The van der Waals surface area contributed by atoms with Gasteiger partial charge in [-0.25, -0.2) is 0 Å². The fraction of sp³-hybridized carbons (Fsp3) is 1.00. The topological polar surface area (TPSA) is 0 Å². The lowest BCUT2D eigenvalue weighted by Gasteiger charge is -2.40. The van der Waals surface area contributed by atoms with Crippen LogP contribution in [0.15, 0.2) is 0 Å². The predicted octanol–water partition coefficient (Wildman–Crippen LogP) is 4.64. The standard InChI is InChI=1S/C13H26/c1-5-11(3)13(4,6-2)12-9-7-8-10-12/h11-12H,5-10H2,1-4H3. The number of hydrogen-bond donors (Lipinski definition) is 0. The molecular weight excluding hydrogens is 156 g/mol. The molecule has 0 bridgehead atoms. The molecule has 1 aliphatic carbocycles. The van der Waals surface area contributed by atoms with E-state index in [1.54, 1.807) is 0 Å². The SMILES string of the molecule is CCC(C)C(C)(CC)C1CCCC1. The van der Waals surface area contributed by atoms with Crippen LogP contribution in [0.4, 0.5) is 0 Å². The Morgan fingerprint density at radius 2 is 1.77 bits per heavy atom. The molecule has 1 fully saturated rings. The van der Waals surface area contributed by atoms with Crippen LogP contribution < -0.4 is 0 Å². The van der Waals surface area contributed by atoms with Crippen LogP contribution in [0.2, 0.25) is 0 Å². The summed E-state index contributed by atoms with van der Waals surface area (Å²) in [5.74, 6) is 1.92. The van der Waals surface area contributed by atoms with Crippen molar-refractivity contribution >= 4 is 0 Å². The Bertz CT molecular complexity index is 144. The first kappa shape index (κ1) is 11.1. The summed E-state index contributed by atoms with van der Waals surface area (Å²) in [4.78, 5) is 0. The van der Waals surface area contributed by atoms with Crippen molar-refractivity contribution in [2.75, 3.05) is 0 Å². The van der Waals surface area contributed by atoms with Gasteiger partial charge in [0.05, 0.1) is 0 Å². The maximum Gasteiger partial charge on any atom is -0.0275 e. The highest BCUT2D eigenvalue weighted by molar-refractivity contribution is 4.87. The van der Waals surface area contributed by atoms with Crippen molar-refractivity contribution in [3.8, 4) is 0 Å². The largest absolute Gasteiger partial charge is 0.0651 e. The molecule has 0 heterocycles. The van der Waals surface area contributed by atoms with E-state index in [1.807, 2.05) is 0 Å². The van der Waals surface area contributed by atoms with Crippen LogP contribution in [-0.4, -0.2) is 0 Å². The van der Waals surface area contributed by atoms with Gasteiger partial charge in [-0.2, -0.15) is 0 Å². The Kier molecular flexibility index (Phi) is 3.82. The monoisotopic (exact) mass is 182 g/mol. The Morgan fingerprint density at radius 1 is 1.23 bits per heavy atom. The first-order valence-corrected chi connectivity index (χ1v) is 6.15. The predicted molar refractivity (Wildman–Crippen MR) is 59.8 cm³/mol. The van der Waals surface area contributed by atoms with Crippen molar-refractivity contribution in [3.63, 3.8) is 0 Å². The van der Waals surface area contributed by atoms with Gasteiger partial charge in [-0.05, 0) is 30.1 Å². The van der Waals surface area contributed by atoms with Gasteiger partial charge in [0.25, 0.3) is 0 Å². The molecule has 0 aromatic rings. The summed E-state index contributed by atoms with van der Waals surface area (Å²) in [5, 5.41) is 0. The fourth-order valence-corrected chi connectivity index (χ4v) is 3.09. The maximum atomic E-state index is 2.52. The summed E-state index contributed by atoms with van der Waals surface area (Å²) >= 11 is 0. The minimum Gasteiger partial charge on any atom is -0.0651 e. The third-order valence-electron chi connectivity index (χ3n) is 4.79. The molecule has 0 aliphatic heterocycles. The molecule has 1 saturated carbocycles. The highest BCUT2D eigenvalue weighted by Gasteiger charge is 2.37. The van der Waals surface area contributed by atoms with Crippen LogP contribution in [-0.2, 0) is 0 Å². The van der Waals surface area contributed by atoms with Gasteiger partial charge < -0.3 is 0 Å². The molecule has 0 radical (unpaired) electrons. The van der Waals surface area contributed by atoms with Gasteiger partial charge in [0, 0.05) is 0 Å². The van der Waals surface area contributed by atoms with Gasteiger partial charge in [-0.15, -0.1) is 0 Å². The van der Waals surface area contributed by atoms with E-state index in [1.165, 1.54) is 38.5 Å². The smallest absolute Gasteiger partial charge is 0.0275 e. The zero-order valence-electron chi connectivity index (χ0n) is 9.90. The summed E-state index contributed by atoms with van der Waals surface area (Å²) < 4.78 is 0. The molecule has 0 saturated heterocycles. The molecule has 0 aromatic carbocycles. The molecule has 78 valence electrons. The van der Waals surface area contributed by atoms with Gasteiger partial charge in [0.2, 0.25) is 0 Å². The van der Waals surface area contributed by atoms with Crippen LogP contribution in [0.1, 0.15) is 66.2 Å². The third-order valence-corrected chi connectivity index (χ3v) is 4.79. The fourth-order valence-electron chi connectivity index (χ4n) is 3.09. The molecular formula is C13H26. The van der Waals surface area contributed by atoms with E-state index in [0.29, 0.717) is 5.41 Å². The molecule has 0 amide bonds. The van der Waals surface area contributed by atoms with Gasteiger partial charge in [0.15, 0.2) is 0 Å². The summed E-state index contributed by atoms with van der Waals surface area (Å²) in [5.41, 5.74) is 0.630. The van der Waals surface area contributed by atoms with E-state index in [9.17, 15) is 0 Å². The Hall–Kier alpha value is 0. The second-order valence-electron chi connectivity index (χ2n) is 5.15. The molecule has 2 atom stereocenters. The van der Waals surface area contributed by atoms with Crippen LogP contribution in [0.25, 0.3) is 0 Å². The Labute approximate surface area is 84.1 Å². The van der Waals surface area contributed by atoms with E-state index in [2.05, 4.69) is 27.7 Å². The normalized spacial score (nSPS) is 25.8. The average molecular weight is 182 g/mol. The molecule has 0 nitrogen and oxygen atoms in total. The maximum absolute atomic E-state index is 2.52. The molecule has 0 heteroatoms. The lowest BCUT2D eigenvalue weighted by atomic mass is 9.65. The van der Waals surface area contributed by atoms with E-state index < -0.39 is 0 Å². The number of rotatable bonds is 4. The molecule has 0 N–H and O–H groups in total. The highest BCUT2D eigenvalue weighted by Crippen LogP contribution is 2.47. The van der Waals surface area contributed by atoms with Crippen LogP contribution in [0.5, 0.6) is 0 Å². The molecule has 1 rings (SSSR count). The summed E-state index contributed by atoms with van der Waals surface area (Å²) in [6.45, 7) is 9.69. The van der Waals surface area contributed by atoms with E-state index in [-0.39, 0.29) is 0 Å². The highest BCUT2D eigenvalue weighted by atomic mass is 14.4. The first-order chi connectivity index (χ1) is 6.15. The van der Waals surface area contributed by atoms with Crippen molar-refractivity contribution in [2.24, 2.45) is 17.3 Å². The summed E-state index contributed by atoms with van der Waals surface area (Å²) in [7, 11) is 0. The minimum atomic E-state index is 0.630. The van der Waals surface area contributed by atoms with E-state index in [4.69, 9.17) is 0 Å². The molecule has 0 spiro atoms. The molecule has 1 aliphatic rings. The lowest BCUT2D eigenvalue weighted by Crippen LogP contribution is -2.31. The van der Waals surface area contributed by atoms with E-state index >= 15 is 0 Å². The van der Waals surface area contributed by atoms with Gasteiger partial charge in [-0.1, -0.05) is 53.4 Å². The number of hydrogen-bond acceptors (Lipinski definition) is 0.